The van der Waals surface area contributed by atoms with E-state index in [0.29, 0.717) is 13.1 Å². The third kappa shape index (κ3) is 2.60. The van der Waals surface area contributed by atoms with Crippen LogP contribution >= 0.6 is 0 Å². The van der Waals surface area contributed by atoms with Crippen molar-refractivity contribution in [2.45, 2.75) is 32.9 Å². The second-order valence-corrected chi connectivity index (χ2v) is 6.33. The Morgan fingerprint density at radius 2 is 2.26 bits per heavy atom. The lowest BCUT2D eigenvalue weighted by atomic mass is 10.1. The maximum atomic E-state index is 12.5. The molecule has 0 spiro atoms. The Hall–Kier alpha value is -2.63. The summed E-state index contributed by atoms with van der Waals surface area (Å²) in [6.45, 7) is 3.20. The van der Waals surface area contributed by atoms with Crippen LogP contribution in [0.15, 0.2) is 43.1 Å². The van der Waals surface area contributed by atoms with Crippen molar-refractivity contribution in [3.63, 3.8) is 0 Å². The van der Waals surface area contributed by atoms with Crippen LogP contribution in [0.2, 0.25) is 0 Å². The molecule has 1 aliphatic rings. The molecule has 1 N–H and O–H groups in total. The van der Waals surface area contributed by atoms with E-state index in [1.54, 1.807) is 12.5 Å². The number of amides is 1. The summed E-state index contributed by atoms with van der Waals surface area (Å²) in [6, 6.07) is 6.01. The minimum absolute atomic E-state index is 0.111. The van der Waals surface area contributed by atoms with E-state index in [1.165, 1.54) is 0 Å². The summed E-state index contributed by atoms with van der Waals surface area (Å²) >= 11 is 0. The summed E-state index contributed by atoms with van der Waals surface area (Å²) in [4.78, 5) is 21.1. The highest BCUT2D eigenvalue weighted by Gasteiger charge is 2.49. The molecule has 0 atom stereocenters. The Bertz CT molecular complexity index is 845. The quantitative estimate of drug-likeness (QED) is 0.783. The molecule has 6 heteroatoms. The minimum atomic E-state index is -0.268. The van der Waals surface area contributed by atoms with Crippen LogP contribution in [0.1, 0.15) is 24.2 Å². The average Bonchev–Trinajstić information content (AvgIpc) is 2.97. The molecule has 0 bridgehead atoms. The highest BCUT2D eigenvalue weighted by molar-refractivity contribution is 5.85. The van der Waals surface area contributed by atoms with Crippen molar-refractivity contribution in [3.8, 4) is 0 Å². The number of imidazole rings is 2. The van der Waals surface area contributed by atoms with Gasteiger partial charge in [0.05, 0.1) is 24.0 Å². The highest BCUT2D eigenvalue weighted by Crippen LogP contribution is 2.47. The Labute approximate surface area is 134 Å². The van der Waals surface area contributed by atoms with Crippen LogP contribution in [-0.2, 0) is 17.9 Å². The third-order valence-electron chi connectivity index (χ3n) is 4.56. The van der Waals surface area contributed by atoms with Gasteiger partial charge in [-0.15, -0.1) is 0 Å². The first-order valence-corrected chi connectivity index (χ1v) is 7.84. The number of fused-ring (bicyclic) bond motifs is 1. The van der Waals surface area contributed by atoms with Gasteiger partial charge in [0, 0.05) is 30.8 Å². The fraction of sp³-hybridized carbons (Fsp3) is 0.353. The van der Waals surface area contributed by atoms with E-state index in [1.807, 2.05) is 46.5 Å². The molecule has 23 heavy (non-hydrogen) atoms. The molecule has 0 radical (unpaired) electrons. The van der Waals surface area contributed by atoms with Gasteiger partial charge < -0.3 is 14.3 Å². The number of hydrogen-bond acceptors (Lipinski definition) is 3. The predicted octanol–water partition coefficient (Wildman–Crippen LogP) is 1.94. The van der Waals surface area contributed by atoms with Crippen LogP contribution in [0.5, 0.6) is 0 Å². The second-order valence-electron chi connectivity index (χ2n) is 6.33. The Morgan fingerprint density at radius 1 is 1.39 bits per heavy atom. The SMILES string of the molecule is Cc1cccc2nc(CNC(=O)C3(Cn4ccnc4)CC3)cn12. The van der Waals surface area contributed by atoms with E-state index in [2.05, 4.69) is 15.3 Å². The summed E-state index contributed by atoms with van der Waals surface area (Å²) in [5.41, 5.74) is 2.65. The molecule has 6 nitrogen and oxygen atoms in total. The molecule has 1 aliphatic carbocycles. The van der Waals surface area contributed by atoms with E-state index in [4.69, 9.17) is 0 Å². The van der Waals surface area contributed by atoms with Crippen LogP contribution < -0.4 is 5.32 Å². The topological polar surface area (TPSA) is 64.2 Å². The molecule has 0 unspecified atom stereocenters. The van der Waals surface area contributed by atoms with E-state index in [-0.39, 0.29) is 11.3 Å². The minimum Gasteiger partial charge on any atom is -0.350 e. The number of aromatic nitrogens is 4. The molecule has 0 saturated heterocycles. The number of aryl methyl sites for hydroxylation is 1. The van der Waals surface area contributed by atoms with Crippen molar-refractivity contribution >= 4 is 11.6 Å². The largest absolute Gasteiger partial charge is 0.350 e. The Morgan fingerprint density at radius 3 is 2.96 bits per heavy atom. The van der Waals surface area contributed by atoms with Crippen LogP contribution in [0, 0.1) is 12.3 Å². The fourth-order valence-electron chi connectivity index (χ4n) is 2.98. The van der Waals surface area contributed by atoms with Crippen molar-refractivity contribution in [1.29, 1.82) is 0 Å². The van der Waals surface area contributed by atoms with E-state index < -0.39 is 0 Å². The van der Waals surface area contributed by atoms with Gasteiger partial charge in [-0.25, -0.2) is 9.97 Å². The van der Waals surface area contributed by atoms with Crippen LogP contribution in [0.25, 0.3) is 5.65 Å². The molecule has 0 aliphatic heterocycles. The van der Waals surface area contributed by atoms with Gasteiger partial charge in [-0.3, -0.25) is 4.79 Å². The molecular formula is C17H19N5O. The van der Waals surface area contributed by atoms with Gasteiger partial charge in [0.2, 0.25) is 5.91 Å². The zero-order valence-electron chi connectivity index (χ0n) is 13.1. The summed E-state index contributed by atoms with van der Waals surface area (Å²) in [5, 5.41) is 3.05. The molecular weight excluding hydrogens is 290 g/mol. The maximum Gasteiger partial charge on any atom is 0.228 e. The second kappa shape index (κ2) is 5.22. The standard InChI is InChI=1S/C17H19N5O/c1-13-3-2-4-15-20-14(10-22(13)15)9-19-16(23)17(5-6-17)11-21-8-7-18-12-21/h2-4,7-8,10,12H,5-6,9,11H2,1H3,(H,19,23). The van der Waals surface area contributed by atoms with Crippen molar-refractivity contribution < 1.29 is 4.79 Å². The van der Waals surface area contributed by atoms with Gasteiger partial charge in [0.1, 0.15) is 5.65 Å². The number of rotatable bonds is 5. The zero-order valence-corrected chi connectivity index (χ0v) is 13.1. The average molecular weight is 309 g/mol. The zero-order chi connectivity index (χ0) is 15.9. The molecule has 1 amide bonds. The monoisotopic (exact) mass is 309 g/mol. The molecule has 1 saturated carbocycles. The molecule has 3 aromatic rings. The van der Waals surface area contributed by atoms with Gasteiger partial charge in [0.25, 0.3) is 0 Å². The van der Waals surface area contributed by atoms with Gasteiger partial charge in [0.15, 0.2) is 0 Å². The first kappa shape index (κ1) is 14.0. The van der Waals surface area contributed by atoms with Crippen molar-refractivity contribution in [3.05, 3.63) is 54.5 Å². The van der Waals surface area contributed by atoms with E-state index in [0.717, 1.165) is 29.9 Å². The molecule has 1 fully saturated rings. The number of nitrogens with one attached hydrogen (secondary N) is 1. The van der Waals surface area contributed by atoms with Gasteiger partial charge >= 0.3 is 0 Å². The smallest absolute Gasteiger partial charge is 0.228 e. The van der Waals surface area contributed by atoms with Gasteiger partial charge in [-0.1, -0.05) is 6.07 Å². The van der Waals surface area contributed by atoms with E-state index >= 15 is 0 Å². The van der Waals surface area contributed by atoms with E-state index in [9.17, 15) is 4.79 Å². The normalized spacial score (nSPS) is 15.7. The lowest BCUT2D eigenvalue weighted by Gasteiger charge is -2.15. The fourth-order valence-corrected chi connectivity index (χ4v) is 2.98. The lowest BCUT2D eigenvalue weighted by molar-refractivity contribution is -0.127. The number of hydrogen-bond donors (Lipinski definition) is 1. The summed E-state index contributed by atoms with van der Waals surface area (Å²) in [6.07, 6.45) is 9.26. The molecule has 0 aromatic carbocycles. The number of nitrogens with zero attached hydrogens (tertiary/aromatic N) is 4. The van der Waals surface area contributed by atoms with Crippen LogP contribution in [0.3, 0.4) is 0 Å². The first-order valence-electron chi connectivity index (χ1n) is 7.84. The molecule has 3 aromatic heterocycles. The summed E-state index contributed by atoms with van der Waals surface area (Å²) < 4.78 is 4.01. The van der Waals surface area contributed by atoms with Crippen LogP contribution in [-0.4, -0.2) is 24.8 Å². The lowest BCUT2D eigenvalue weighted by Crippen LogP contribution is -2.34. The van der Waals surface area contributed by atoms with Crippen molar-refractivity contribution in [2.75, 3.05) is 0 Å². The molecule has 4 rings (SSSR count). The third-order valence-corrected chi connectivity index (χ3v) is 4.56. The van der Waals surface area contributed by atoms with Crippen LogP contribution in [0.4, 0.5) is 0 Å². The first-order chi connectivity index (χ1) is 11.2. The van der Waals surface area contributed by atoms with Crippen molar-refractivity contribution in [1.82, 2.24) is 24.3 Å². The van der Waals surface area contributed by atoms with Gasteiger partial charge in [-0.2, -0.15) is 0 Å². The number of carbonyl (C=O) groups is 1. The summed E-state index contributed by atoms with van der Waals surface area (Å²) in [5.74, 6) is 0.111. The summed E-state index contributed by atoms with van der Waals surface area (Å²) in [7, 11) is 0. The highest BCUT2D eigenvalue weighted by atomic mass is 16.2. The maximum absolute atomic E-state index is 12.5. The van der Waals surface area contributed by atoms with Gasteiger partial charge in [-0.05, 0) is 31.9 Å². The Balaban J connectivity index is 1.43. The molecule has 3 heterocycles. The molecule has 118 valence electrons. The van der Waals surface area contributed by atoms with Crippen molar-refractivity contribution in [2.24, 2.45) is 5.41 Å². The number of pyridine rings is 1. The number of carbonyl (C=O) groups excluding carboxylic acids is 1. The predicted molar refractivity (Wildman–Crippen MR) is 85.7 cm³/mol. The Kier molecular flexibility index (Phi) is 3.18.